The molecule has 48 heavy (non-hydrogen) atoms. The molecule has 5 aromatic rings. The average molecular weight is 645 g/mol. The maximum absolute atomic E-state index is 13.0. The molecule has 1 fully saturated rings. The third-order valence-electron chi connectivity index (χ3n) is 8.65. The second kappa shape index (κ2) is 14.3. The highest BCUT2D eigenvalue weighted by molar-refractivity contribution is 6.09. The summed E-state index contributed by atoms with van der Waals surface area (Å²) in [4.78, 5) is 55.0. The summed E-state index contributed by atoms with van der Waals surface area (Å²) in [5.74, 6) is -0.811. The quantitative estimate of drug-likeness (QED) is 0.128. The second-order valence-corrected chi connectivity index (χ2v) is 11.8. The number of carboxylic acids is 1. The van der Waals surface area contributed by atoms with E-state index in [-0.39, 0.29) is 30.5 Å². The fourth-order valence-corrected chi connectivity index (χ4v) is 6.10. The van der Waals surface area contributed by atoms with Crippen molar-refractivity contribution in [1.82, 2.24) is 20.0 Å². The van der Waals surface area contributed by atoms with Gasteiger partial charge in [0.25, 0.3) is 11.8 Å². The summed E-state index contributed by atoms with van der Waals surface area (Å²) in [7, 11) is 0. The third-order valence-corrected chi connectivity index (χ3v) is 8.65. The minimum Gasteiger partial charge on any atom is -0.484 e. The Hall–Kier alpha value is -5.77. The van der Waals surface area contributed by atoms with Crippen molar-refractivity contribution in [3.63, 3.8) is 0 Å². The standard InChI is InChI=1S/C38H36N4O6/c1-2-41(40-37(45)28-15-13-26(14-16-28)35(44)25-9-5-3-6-10-25)34(43)24-48-31-20-17-27(18-21-31)36-39-32-23-29(38(46)47)19-22-33(32)42(36)30-11-7-4-8-12-30/h3,5-6,9-10,13-23,30H,2,4,7-8,11-12,24H2,1H3,(H,40,45)(H,46,47). The predicted octanol–water partition coefficient (Wildman–Crippen LogP) is 6.71. The SMILES string of the molecule is CCN(NC(=O)c1ccc(C(=O)c2ccccc2)cc1)C(=O)COc1ccc(-c2nc3cc(C(=O)O)ccc3n2C2CCCCC2)cc1. The first kappa shape index (κ1) is 32.2. The van der Waals surface area contributed by atoms with E-state index in [9.17, 15) is 24.3 Å². The van der Waals surface area contributed by atoms with Gasteiger partial charge in [0.2, 0.25) is 0 Å². The Labute approximate surface area is 277 Å². The van der Waals surface area contributed by atoms with Gasteiger partial charge in [-0.15, -0.1) is 0 Å². The molecule has 10 nitrogen and oxygen atoms in total. The minimum absolute atomic E-state index is 0.143. The van der Waals surface area contributed by atoms with Crippen molar-refractivity contribution in [2.45, 2.75) is 45.1 Å². The Bertz CT molecular complexity index is 1950. The van der Waals surface area contributed by atoms with Crippen LogP contribution in [0.5, 0.6) is 5.75 Å². The molecule has 0 radical (unpaired) electrons. The molecule has 6 rings (SSSR count). The number of carboxylic acid groups (broad SMARTS) is 1. The van der Waals surface area contributed by atoms with Crippen LogP contribution in [-0.2, 0) is 4.79 Å². The first-order valence-corrected chi connectivity index (χ1v) is 16.1. The van der Waals surface area contributed by atoms with Gasteiger partial charge in [-0.3, -0.25) is 24.8 Å². The lowest BCUT2D eigenvalue weighted by Crippen LogP contribution is -2.47. The molecular weight excluding hydrogens is 608 g/mol. The maximum Gasteiger partial charge on any atom is 0.335 e. The van der Waals surface area contributed by atoms with Crippen LogP contribution in [0.3, 0.4) is 0 Å². The van der Waals surface area contributed by atoms with Crippen molar-refractivity contribution in [1.29, 1.82) is 0 Å². The molecule has 2 N–H and O–H groups in total. The molecule has 1 aliphatic carbocycles. The molecule has 1 saturated carbocycles. The van der Waals surface area contributed by atoms with Gasteiger partial charge in [0.05, 0.1) is 16.6 Å². The van der Waals surface area contributed by atoms with E-state index < -0.39 is 17.8 Å². The molecule has 1 heterocycles. The van der Waals surface area contributed by atoms with Crippen LogP contribution >= 0.6 is 0 Å². The van der Waals surface area contributed by atoms with E-state index in [2.05, 4.69) is 9.99 Å². The Balaban J connectivity index is 1.10. The number of hydrogen-bond acceptors (Lipinski definition) is 6. The van der Waals surface area contributed by atoms with Crippen molar-refractivity contribution in [3.8, 4) is 17.1 Å². The van der Waals surface area contributed by atoms with E-state index in [0.717, 1.165) is 42.6 Å². The molecule has 2 amide bonds. The number of ketones is 1. The highest BCUT2D eigenvalue weighted by atomic mass is 16.5. The van der Waals surface area contributed by atoms with Gasteiger partial charge in [0, 0.05) is 34.8 Å². The van der Waals surface area contributed by atoms with E-state index >= 15 is 0 Å². The fraction of sp³-hybridized carbons (Fsp3) is 0.237. The lowest BCUT2D eigenvalue weighted by molar-refractivity contribution is -0.135. The number of benzene rings is 4. The van der Waals surface area contributed by atoms with Crippen LogP contribution in [0.1, 0.15) is 81.7 Å². The fourth-order valence-electron chi connectivity index (χ4n) is 6.10. The second-order valence-electron chi connectivity index (χ2n) is 11.8. The molecule has 10 heteroatoms. The summed E-state index contributed by atoms with van der Waals surface area (Å²) in [6, 6.07) is 27.8. The molecule has 1 aliphatic rings. The number of likely N-dealkylation sites (N-methyl/N-ethyl adjacent to an activating group) is 1. The van der Waals surface area contributed by atoms with Gasteiger partial charge in [-0.1, -0.05) is 61.7 Å². The molecule has 0 atom stereocenters. The Morgan fingerprint density at radius 2 is 1.48 bits per heavy atom. The van der Waals surface area contributed by atoms with Crippen molar-refractivity contribution < 1.29 is 29.0 Å². The number of carbonyl (C=O) groups excluding carboxylic acids is 3. The van der Waals surface area contributed by atoms with Gasteiger partial charge in [-0.2, -0.15) is 0 Å². The van der Waals surface area contributed by atoms with E-state index in [4.69, 9.17) is 9.72 Å². The van der Waals surface area contributed by atoms with Crippen molar-refractivity contribution in [2.75, 3.05) is 13.2 Å². The monoisotopic (exact) mass is 644 g/mol. The van der Waals surface area contributed by atoms with E-state index in [1.807, 2.05) is 24.3 Å². The van der Waals surface area contributed by atoms with E-state index in [0.29, 0.717) is 28.0 Å². The lowest BCUT2D eigenvalue weighted by Gasteiger charge is -2.25. The number of nitrogens with one attached hydrogen (secondary N) is 1. The van der Waals surface area contributed by atoms with E-state index in [1.165, 1.54) is 11.4 Å². The first-order chi connectivity index (χ1) is 23.3. The molecule has 0 unspecified atom stereocenters. The summed E-state index contributed by atoms with van der Waals surface area (Å²) < 4.78 is 8.02. The summed E-state index contributed by atoms with van der Waals surface area (Å²) in [6.45, 7) is 1.67. The lowest BCUT2D eigenvalue weighted by atomic mass is 9.95. The van der Waals surface area contributed by atoms with Gasteiger partial charge in [-0.05, 0) is 74.4 Å². The maximum atomic E-state index is 13.0. The van der Waals surface area contributed by atoms with Crippen LogP contribution in [0.15, 0.2) is 97.1 Å². The summed E-state index contributed by atoms with van der Waals surface area (Å²) >= 11 is 0. The summed E-state index contributed by atoms with van der Waals surface area (Å²) in [5.41, 5.74) is 6.54. The number of hydrazine groups is 1. The third kappa shape index (κ3) is 6.97. The predicted molar refractivity (Wildman–Crippen MR) is 181 cm³/mol. The van der Waals surface area contributed by atoms with Crippen LogP contribution in [0, 0.1) is 0 Å². The van der Waals surface area contributed by atoms with E-state index in [1.54, 1.807) is 79.7 Å². The van der Waals surface area contributed by atoms with Crippen molar-refractivity contribution in [3.05, 3.63) is 119 Å². The number of carbonyl (C=O) groups is 4. The molecular formula is C38H36N4O6. The number of nitrogens with zero attached hydrogens (tertiary/aromatic N) is 3. The van der Waals surface area contributed by atoms with Crippen LogP contribution in [-0.4, -0.2) is 56.4 Å². The zero-order chi connectivity index (χ0) is 33.6. The van der Waals surface area contributed by atoms with Crippen LogP contribution in [0.4, 0.5) is 0 Å². The number of aromatic carboxylic acids is 1. The minimum atomic E-state index is -0.992. The number of ether oxygens (including phenoxy) is 1. The number of hydrogen-bond donors (Lipinski definition) is 2. The largest absolute Gasteiger partial charge is 0.484 e. The Morgan fingerprint density at radius 3 is 2.15 bits per heavy atom. The molecule has 0 bridgehead atoms. The van der Waals surface area contributed by atoms with Crippen molar-refractivity contribution in [2.24, 2.45) is 0 Å². The van der Waals surface area contributed by atoms with Gasteiger partial charge >= 0.3 is 5.97 Å². The smallest absolute Gasteiger partial charge is 0.335 e. The Kier molecular flexibility index (Phi) is 9.61. The zero-order valence-electron chi connectivity index (χ0n) is 26.6. The van der Waals surface area contributed by atoms with Crippen molar-refractivity contribution >= 4 is 34.6 Å². The molecule has 1 aromatic heterocycles. The zero-order valence-corrected chi connectivity index (χ0v) is 26.6. The average Bonchev–Trinajstić information content (AvgIpc) is 3.52. The highest BCUT2D eigenvalue weighted by Crippen LogP contribution is 2.36. The van der Waals surface area contributed by atoms with Gasteiger partial charge < -0.3 is 14.4 Å². The number of aromatic nitrogens is 2. The number of rotatable bonds is 10. The number of imidazole rings is 1. The van der Waals surface area contributed by atoms with Gasteiger partial charge in [-0.25, -0.2) is 9.78 Å². The van der Waals surface area contributed by atoms with Crippen LogP contribution in [0.2, 0.25) is 0 Å². The van der Waals surface area contributed by atoms with Gasteiger partial charge in [0.1, 0.15) is 11.6 Å². The summed E-state index contributed by atoms with van der Waals surface area (Å²) in [5, 5.41) is 10.7. The number of amides is 2. The Morgan fingerprint density at radius 1 is 0.833 bits per heavy atom. The highest BCUT2D eigenvalue weighted by Gasteiger charge is 2.23. The summed E-state index contributed by atoms with van der Waals surface area (Å²) in [6.07, 6.45) is 5.54. The molecule has 244 valence electrons. The normalized spacial score (nSPS) is 13.2. The topological polar surface area (TPSA) is 131 Å². The molecule has 0 aliphatic heterocycles. The molecule has 0 saturated heterocycles. The number of fused-ring (bicyclic) bond motifs is 1. The van der Waals surface area contributed by atoms with Crippen LogP contribution < -0.4 is 10.2 Å². The van der Waals surface area contributed by atoms with Crippen LogP contribution in [0.25, 0.3) is 22.4 Å². The molecule has 4 aromatic carbocycles. The molecule has 0 spiro atoms. The van der Waals surface area contributed by atoms with Gasteiger partial charge in [0.15, 0.2) is 12.4 Å². The first-order valence-electron chi connectivity index (χ1n) is 16.1.